The average molecular weight is 378 g/mol. The lowest BCUT2D eigenvalue weighted by Gasteiger charge is -2.28. The topological polar surface area (TPSA) is 96.3 Å². The molecule has 0 N–H and O–H groups in total. The van der Waals surface area contributed by atoms with Crippen LogP contribution in [0.3, 0.4) is 0 Å². The zero-order valence-electron chi connectivity index (χ0n) is 14.2. The Bertz CT molecular complexity index is 853. The van der Waals surface area contributed by atoms with Gasteiger partial charge in [-0.3, -0.25) is 14.4 Å². The summed E-state index contributed by atoms with van der Waals surface area (Å²) in [7, 11) is 0. The third kappa shape index (κ3) is 2.76. The summed E-state index contributed by atoms with van der Waals surface area (Å²) in [6.07, 6.45) is -0.447. The fourth-order valence-electron chi connectivity index (χ4n) is 3.21. The minimum absolute atomic E-state index is 0.0591. The number of anilines is 1. The van der Waals surface area contributed by atoms with Gasteiger partial charge >= 0.3 is 5.97 Å². The number of hydrogen-bond acceptors (Lipinski definition) is 6. The van der Waals surface area contributed by atoms with Crippen molar-refractivity contribution in [2.24, 2.45) is 5.10 Å². The van der Waals surface area contributed by atoms with Gasteiger partial charge in [0, 0.05) is 18.4 Å². The van der Waals surface area contributed by atoms with Crippen molar-refractivity contribution in [1.29, 1.82) is 0 Å². The summed E-state index contributed by atoms with van der Waals surface area (Å²) in [5, 5.41) is 5.26. The predicted molar refractivity (Wildman–Crippen MR) is 92.5 cm³/mol. The molecular formula is C17H16ClN3O5. The van der Waals surface area contributed by atoms with Crippen LogP contribution in [-0.4, -0.2) is 46.6 Å². The lowest BCUT2D eigenvalue weighted by Crippen LogP contribution is -2.51. The summed E-state index contributed by atoms with van der Waals surface area (Å²) < 4.78 is 4.91. The molecule has 26 heavy (non-hydrogen) atoms. The Hall–Kier alpha value is -2.74. The fourth-order valence-corrected chi connectivity index (χ4v) is 3.39. The van der Waals surface area contributed by atoms with Gasteiger partial charge in [-0.25, -0.2) is 14.7 Å². The molecule has 136 valence electrons. The van der Waals surface area contributed by atoms with Gasteiger partial charge in [0.05, 0.1) is 18.7 Å². The molecular weight excluding hydrogens is 362 g/mol. The molecule has 1 unspecified atom stereocenters. The SMILES string of the molecule is CCOC(=O)C1=NN(C(C)=O)C2(CC(=O)N(c3cccc(Cl)c3)C2=O)C1. The molecule has 1 fully saturated rings. The zero-order valence-corrected chi connectivity index (χ0v) is 14.9. The smallest absolute Gasteiger partial charge is 0.354 e. The van der Waals surface area contributed by atoms with Crippen LogP contribution in [-0.2, 0) is 23.9 Å². The summed E-state index contributed by atoms with van der Waals surface area (Å²) in [4.78, 5) is 50.8. The Morgan fingerprint density at radius 2 is 2.04 bits per heavy atom. The number of hydrazone groups is 1. The predicted octanol–water partition coefficient (Wildman–Crippen LogP) is 1.51. The van der Waals surface area contributed by atoms with E-state index in [9.17, 15) is 19.2 Å². The quantitative estimate of drug-likeness (QED) is 0.587. The molecule has 3 rings (SSSR count). The highest BCUT2D eigenvalue weighted by Crippen LogP contribution is 2.40. The number of rotatable bonds is 3. The van der Waals surface area contributed by atoms with E-state index in [0.29, 0.717) is 10.7 Å². The first-order valence-corrected chi connectivity index (χ1v) is 8.36. The van der Waals surface area contributed by atoms with E-state index in [-0.39, 0.29) is 25.2 Å². The van der Waals surface area contributed by atoms with E-state index in [1.165, 1.54) is 13.0 Å². The van der Waals surface area contributed by atoms with E-state index in [4.69, 9.17) is 16.3 Å². The van der Waals surface area contributed by atoms with Crippen LogP contribution >= 0.6 is 11.6 Å². The number of amides is 3. The largest absolute Gasteiger partial charge is 0.461 e. The van der Waals surface area contributed by atoms with Crippen molar-refractivity contribution >= 4 is 46.7 Å². The van der Waals surface area contributed by atoms with Crippen LogP contribution in [0.2, 0.25) is 5.02 Å². The van der Waals surface area contributed by atoms with Gasteiger partial charge < -0.3 is 4.74 Å². The summed E-state index contributed by atoms with van der Waals surface area (Å²) in [6.45, 7) is 2.99. The summed E-state index contributed by atoms with van der Waals surface area (Å²) in [5.41, 5.74) is -1.30. The maximum atomic E-state index is 13.1. The van der Waals surface area contributed by atoms with Gasteiger partial charge in [0.25, 0.3) is 5.91 Å². The van der Waals surface area contributed by atoms with Gasteiger partial charge in [0.2, 0.25) is 11.8 Å². The van der Waals surface area contributed by atoms with Crippen LogP contribution in [0.5, 0.6) is 0 Å². The van der Waals surface area contributed by atoms with E-state index >= 15 is 0 Å². The number of ether oxygens (including phenoxy) is 1. The summed E-state index contributed by atoms with van der Waals surface area (Å²) >= 11 is 5.95. The number of nitrogens with zero attached hydrogens (tertiary/aromatic N) is 3. The number of benzene rings is 1. The third-order valence-electron chi connectivity index (χ3n) is 4.26. The molecule has 3 amide bonds. The van der Waals surface area contributed by atoms with Crippen LogP contribution in [0.15, 0.2) is 29.4 Å². The Morgan fingerprint density at radius 3 is 2.65 bits per heavy atom. The van der Waals surface area contributed by atoms with Crippen LogP contribution in [0.1, 0.15) is 26.7 Å². The van der Waals surface area contributed by atoms with Crippen molar-refractivity contribution in [3.8, 4) is 0 Å². The molecule has 1 spiro atoms. The first-order chi connectivity index (χ1) is 12.3. The highest BCUT2D eigenvalue weighted by atomic mass is 35.5. The summed E-state index contributed by atoms with van der Waals surface area (Å²) in [5.74, 6) is -2.37. The molecule has 2 heterocycles. The monoisotopic (exact) mass is 377 g/mol. The normalized spacial score (nSPS) is 22.2. The lowest BCUT2D eigenvalue weighted by molar-refractivity contribution is -0.141. The molecule has 1 aromatic rings. The highest BCUT2D eigenvalue weighted by Gasteiger charge is 2.61. The van der Waals surface area contributed by atoms with E-state index in [1.807, 2.05) is 0 Å². The second kappa shape index (κ2) is 6.53. The standard InChI is InChI=1S/C17H16ClN3O5/c1-3-26-15(24)13-8-17(21(19-13)10(2)22)9-14(23)20(16(17)25)12-6-4-5-11(18)7-12/h4-7H,3,8-9H2,1-2H3. The van der Waals surface area contributed by atoms with Crippen LogP contribution in [0.25, 0.3) is 0 Å². The molecule has 0 radical (unpaired) electrons. The van der Waals surface area contributed by atoms with Crippen LogP contribution in [0.4, 0.5) is 5.69 Å². The van der Waals surface area contributed by atoms with Crippen molar-refractivity contribution in [2.75, 3.05) is 11.5 Å². The number of imide groups is 1. The van der Waals surface area contributed by atoms with Crippen LogP contribution < -0.4 is 4.90 Å². The molecule has 0 bridgehead atoms. The van der Waals surface area contributed by atoms with E-state index < -0.39 is 29.2 Å². The minimum atomic E-state index is -1.55. The van der Waals surface area contributed by atoms with Crippen molar-refractivity contribution < 1.29 is 23.9 Å². The van der Waals surface area contributed by atoms with Crippen molar-refractivity contribution in [3.63, 3.8) is 0 Å². The van der Waals surface area contributed by atoms with Gasteiger partial charge in [-0.1, -0.05) is 17.7 Å². The number of hydrogen-bond donors (Lipinski definition) is 0. The Labute approximate surface area is 154 Å². The molecule has 0 aromatic heterocycles. The van der Waals surface area contributed by atoms with Gasteiger partial charge in [-0.05, 0) is 25.1 Å². The molecule has 2 aliphatic rings. The Kier molecular flexibility index (Phi) is 4.53. The minimum Gasteiger partial charge on any atom is -0.461 e. The molecule has 1 aromatic carbocycles. The first-order valence-electron chi connectivity index (χ1n) is 7.98. The molecule has 0 saturated carbocycles. The fraction of sp³-hybridized carbons (Fsp3) is 0.353. The van der Waals surface area contributed by atoms with Gasteiger partial charge in [-0.2, -0.15) is 5.10 Å². The maximum absolute atomic E-state index is 13.1. The van der Waals surface area contributed by atoms with Crippen molar-refractivity contribution in [1.82, 2.24) is 5.01 Å². The van der Waals surface area contributed by atoms with Gasteiger partial charge in [-0.15, -0.1) is 0 Å². The number of carbonyl (C=O) groups is 4. The van der Waals surface area contributed by atoms with E-state index in [1.54, 1.807) is 25.1 Å². The molecule has 0 aliphatic carbocycles. The number of esters is 1. The van der Waals surface area contributed by atoms with Crippen LogP contribution in [0, 0.1) is 0 Å². The lowest BCUT2D eigenvalue weighted by atomic mass is 9.91. The first kappa shape index (κ1) is 18.1. The number of halogens is 1. The Morgan fingerprint density at radius 1 is 1.31 bits per heavy atom. The molecule has 2 aliphatic heterocycles. The van der Waals surface area contributed by atoms with Gasteiger partial charge in [0.1, 0.15) is 5.71 Å². The molecule has 1 saturated heterocycles. The van der Waals surface area contributed by atoms with E-state index in [0.717, 1.165) is 9.91 Å². The third-order valence-corrected chi connectivity index (χ3v) is 4.49. The maximum Gasteiger partial charge on any atom is 0.354 e. The number of carbonyl (C=O) groups excluding carboxylic acids is 4. The second-order valence-electron chi connectivity index (χ2n) is 6.00. The summed E-state index contributed by atoms with van der Waals surface area (Å²) in [6, 6.07) is 6.28. The van der Waals surface area contributed by atoms with E-state index in [2.05, 4.69) is 5.10 Å². The van der Waals surface area contributed by atoms with Gasteiger partial charge in [0.15, 0.2) is 5.54 Å². The van der Waals surface area contributed by atoms with Crippen molar-refractivity contribution in [2.45, 2.75) is 32.2 Å². The highest BCUT2D eigenvalue weighted by molar-refractivity contribution is 6.39. The van der Waals surface area contributed by atoms with Crippen molar-refractivity contribution in [3.05, 3.63) is 29.3 Å². The molecule has 1 atom stereocenters. The Balaban J connectivity index is 1.99. The average Bonchev–Trinajstić information content (AvgIpc) is 3.07. The second-order valence-corrected chi connectivity index (χ2v) is 6.43. The molecule has 8 nitrogen and oxygen atoms in total. The zero-order chi connectivity index (χ0) is 19.1. The molecule has 9 heteroatoms.